The fourth-order valence-corrected chi connectivity index (χ4v) is 4.15. The van der Waals surface area contributed by atoms with Crippen LogP contribution in [0.1, 0.15) is 37.5 Å². The minimum atomic E-state index is 0.974. The summed E-state index contributed by atoms with van der Waals surface area (Å²) in [5.41, 5.74) is 8.78. The van der Waals surface area contributed by atoms with E-state index in [1.807, 2.05) is 6.92 Å². The average molecular weight is 359 g/mol. The van der Waals surface area contributed by atoms with E-state index in [1.54, 1.807) is 0 Å². The van der Waals surface area contributed by atoms with Crippen molar-refractivity contribution in [2.24, 2.45) is 0 Å². The molecule has 0 bridgehead atoms. The Morgan fingerprint density at radius 3 is 2.30 bits per heavy atom. The molecule has 0 N–H and O–H groups in total. The van der Waals surface area contributed by atoms with Gasteiger partial charge in [0.2, 0.25) is 0 Å². The maximum absolute atomic E-state index is 4.31. The molecule has 140 valence electrons. The highest BCUT2D eigenvalue weighted by atomic mass is 15.3. The Morgan fingerprint density at radius 1 is 1.04 bits per heavy atom. The second kappa shape index (κ2) is 7.87. The summed E-state index contributed by atoms with van der Waals surface area (Å²) in [4.78, 5) is 2.38. The van der Waals surface area contributed by atoms with Crippen LogP contribution in [0.5, 0.6) is 0 Å². The van der Waals surface area contributed by atoms with Gasteiger partial charge in [0.1, 0.15) is 18.8 Å². The number of hydrogen-bond acceptors (Lipinski definition) is 1. The Morgan fingerprint density at radius 2 is 1.70 bits per heavy atom. The number of aryl methyl sites for hydroxylation is 2. The molecule has 3 rings (SSSR count). The summed E-state index contributed by atoms with van der Waals surface area (Å²) in [5.74, 6) is 0. The van der Waals surface area contributed by atoms with Gasteiger partial charge in [0.05, 0.1) is 6.04 Å². The summed E-state index contributed by atoms with van der Waals surface area (Å²) < 4.78 is 2.34. The molecule has 0 aromatic heterocycles. The largest absolute Gasteiger partial charge is 0.294 e. The molecule has 0 spiro atoms. The van der Waals surface area contributed by atoms with Gasteiger partial charge in [-0.3, -0.25) is 9.48 Å². The van der Waals surface area contributed by atoms with Crippen molar-refractivity contribution in [2.45, 2.75) is 34.6 Å². The van der Waals surface area contributed by atoms with Crippen LogP contribution in [-0.4, -0.2) is 24.0 Å². The molecular formula is C25H30N2. The van der Waals surface area contributed by atoms with Crippen molar-refractivity contribution in [3.63, 3.8) is 0 Å². The van der Waals surface area contributed by atoms with Crippen LogP contribution in [0.4, 0.5) is 5.69 Å². The molecule has 0 atom stereocenters. The summed E-state index contributed by atoms with van der Waals surface area (Å²) in [6.07, 6.45) is 15.1. The number of anilines is 1. The van der Waals surface area contributed by atoms with Crippen molar-refractivity contribution in [1.82, 2.24) is 0 Å². The van der Waals surface area contributed by atoms with E-state index in [2.05, 4.69) is 98.7 Å². The summed E-state index contributed by atoms with van der Waals surface area (Å²) in [6, 6.07) is 5.76. The second-order valence-electron chi connectivity index (χ2n) is 7.35. The Balaban J connectivity index is 1.90. The van der Waals surface area contributed by atoms with Crippen LogP contribution in [0.15, 0.2) is 65.8 Å². The van der Waals surface area contributed by atoms with E-state index in [0.717, 1.165) is 18.7 Å². The number of rotatable bonds is 4. The van der Waals surface area contributed by atoms with Crippen LogP contribution in [-0.2, 0) is 0 Å². The molecule has 0 unspecified atom stereocenters. The van der Waals surface area contributed by atoms with Crippen LogP contribution in [0.25, 0.3) is 6.08 Å². The molecular weight excluding hydrogens is 328 g/mol. The van der Waals surface area contributed by atoms with Gasteiger partial charge in [-0.1, -0.05) is 41.0 Å². The molecule has 0 radical (unpaired) electrons. The molecule has 1 aromatic carbocycles. The van der Waals surface area contributed by atoms with E-state index in [9.17, 15) is 0 Å². The molecule has 1 aliphatic carbocycles. The number of hydrogen-bond donors (Lipinski definition) is 0. The standard InChI is InChI=1S/C25H30N2/c1-7-9-22-13-18(3)24(19(4)14-22)26-11-12-27(17-26)25-20(5)15-23(10-8-2)16-21(25)6/h7-10,13-17H,3,11-12H2,1-2,4-6H3/b9-7+,10-8+. The molecule has 1 aromatic rings. The van der Waals surface area contributed by atoms with Gasteiger partial charge in [-0.05, 0) is 63.4 Å². The molecule has 2 heteroatoms. The topological polar surface area (TPSA) is 6.25 Å². The van der Waals surface area contributed by atoms with E-state index >= 15 is 0 Å². The first-order chi connectivity index (χ1) is 12.9. The molecule has 2 aliphatic rings. The zero-order valence-corrected chi connectivity index (χ0v) is 17.2. The van der Waals surface area contributed by atoms with Gasteiger partial charge in [-0.2, -0.15) is 6.58 Å². The number of benzene rings is 1. The van der Waals surface area contributed by atoms with Crippen molar-refractivity contribution < 1.29 is 4.58 Å². The lowest BCUT2D eigenvalue weighted by atomic mass is 9.91. The monoisotopic (exact) mass is 358 g/mol. The van der Waals surface area contributed by atoms with Gasteiger partial charge in [0, 0.05) is 0 Å². The minimum absolute atomic E-state index is 0.974. The van der Waals surface area contributed by atoms with Crippen molar-refractivity contribution >= 4 is 18.1 Å². The lowest BCUT2D eigenvalue weighted by Crippen LogP contribution is -2.22. The van der Waals surface area contributed by atoms with E-state index in [-0.39, 0.29) is 0 Å². The zero-order valence-electron chi connectivity index (χ0n) is 17.2. The average Bonchev–Trinajstić information content (AvgIpc) is 3.03. The molecule has 1 aliphatic heterocycles. The van der Waals surface area contributed by atoms with Crippen LogP contribution >= 0.6 is 0 Å². The van der Waals surface area contributed by atoms with Crippen LogP contribution in [0, 0.1) is 19.9 Å². The van der Waals surface area contributed by atoms with Gasteiger partial charge in [-0.25, -0.2) is 0 Å². The summed E-state index contributed by atoms with van der Waals surface area (Å²) in [7, 11) is 0. The van der Waals surface area contributed by atoms with Gasteiger partial charge in [-0.15, -0.1) is 12.2 Å². The predicted octanol–water partition coefficient (Wildman–Crippen LogP) is 5.75. The fraction of sp³-hybridized carbons (Fsp3) is 0.280. The van der Waals surface area contributed by atoms with Crippen LogP contribution < -0.4 is 4.90 Å². The Kier molecular flexibility index (Phi) is 5.55. The van der Waals surface area contributed by atoms with Crippen molar-refractivity contribution in [3.8, 4) is 0 Å². The molecule has 0 amide bonds. The van der Waals surface area contributed by atoms with Crippen molar-refractivity contribution in [1.29, 1.82) is 0 Å². The Bertz CT molecular complexity index is 883. The number of nitrogens with zero attached hydrogens (tertiary/aromatic N) is 2. The smallest absolute Gasteiger partial charge is 0.189 e. The summed E-state index contributed by atoms with van der Waals surface area (Å²) in [6.45, 7) is 17.0. The highest BCUT2D eigenvalue weighted by molar-refractivity contribution is 5.82. The zero-order chi connectivity index (χ0) is 19.6. The third-order valence-corrected chi connectivity index (χ3v) is 5.07. The van der Waals surface area contributed by atoms with Gasteiger partial charge in [0.15, 0.2) is 6.34 Å². The SMILES string of the molecule is C=C1C=C(/C=C/C)C=C(C)[C-]1[N+]1=CN(c2c(C)cc(/C=C/C)cc2C)CC1. The molecule has 1 heterocycles. The lowest BCUT2D eigenvalue weighted by molar-refractivity contribution is -0.487. The van der Waals surface area contributed by atoms with E-state index in [4.69, 9.17) is 0 Å². The lowest BCUT2D eigenvalue weighted by Gasteiger charge is -2.28. The summed E-state index contributed by atoms with van der Waals surface area (Å²) in [5, 5.41) is 0. The molecule has 0 fully saturated rings. The van der Waals surface area contributed by atoms with Crippen molar-refractivity contribution in [3.05, 3.63) is 88.5 Å². The summed E-state index contributed by atoms with van der Waals surface area (Å²) >= 11 is 0. The van der Waals surface area contributed by atoms with Gasteiger partial charge < -0.3 is 0 Å². The molecule has 0 saturated carbocycles. The normalized spacial score (nSPS) is 17.8. The van der Waals surface area contributed by atoms with Crippen molar-refractivity contribution in [2.75, 3.05) is 18.0 Å². The first kappa shape index (κ1) is 19.0. The van der Waals surface area contributed by atoms with E-state index in [1.165, 1.54) is 39.6 Å². The number of allylic oxidation sites excluding steroid dienone is 5. The maximum atomic E-state index is 4.31. The first-order valence-corrected chi connectivity index (χ1v) is 9.66. The Hall–Kier alpha value is -2.74. The fourth-order valence-electron chi connectivity index (χ4n) is 4.15. The van der Waals surface area contributed by atoms with E-state index < -0.39 is 0 Å². The van der Waals surface area contributed by atoms with Crippen LogP contribution in [0.3, 0.4) is 0 Å². The van der Waals surface area contributed by atoms with E-state index in [0.29, 0.717) is 0 Å². The first-order valence-electron chi connectivity index (χ1n) is 9.66. The highest BCUT2D eigenvalue weighted by Gasteiger charge is 2.28. The third-order valence-electron chi connectivity index (χ3n) is 5.07. The highest BCUT2D eigenvalue weighted by Crippen LogP contribution is 2.33. The Labute approximate surface area is 164 Å². The molecule has 0 saturated heterocycles. The molecule has 2 nitrogen and oxygen atoms in total. The quantitative estimate of drug-likeness (QED) is 0.491. The third kappa shape index (κ3) is 3.85. The maximum Gasteiger partial charge on any atom is 0.189 e. The van der Waals surface area contributed by atoms with Gasteiger partial charge >= 0.3 is 0 Å². The predicted molar refractivity (Wildman–Crippen MR) is 118 cm³/mol. The van der Waals surface area contributed by atoms with Gasteiger partial charge in [0.25, 0.3) is 0 Å². The second-order valence-corrected chi connectivity index (χ2v) is 7.35. The molecule has 27 heavy (non-hydrogen) atoms. The van der Waals surface area contributed by atoms with Crippen LogP contribution in [0.2, 0.25) is 0 Å². The minimum Gasteiger partial charge on any atom is -0.294 e.